The quantitative estimate of drug-likeness (QED) is 0.757. The van der Waals surface area contributed by atoms with E-state index in [0.29, 0.717) is 23.6 Å². The highest BCUT2D eigenvalue weighted by Crippen LogP contribution is 2.31. The van der Waals surface area contributed by atoms with E-state index in [-0.39, 0.29) is 17.2 Å². The highest BCUT2D eigenvalue weighted by Gasteiger charge is 2.24. The van der Waals surface area contributed by atoms with Gasteiger partial charge < -0.3 is 4.74 Å². The van der Waals surface area contributed by atoms with Gasteiger partial charge in [0, 0.05) is 18.1 Å². The Morgan fingerprint density at radius 1 is 1.26 bits per heavy atom. The zero-order valence-corrected chi connectivity index (χ0v) is 12.7. The van der Waals surface area contributed by atoms with Crippen molar-refractivity contribution in [2.24, 2.45) is 5.92 Å². The van der Waals surface area contributed by atoms with Crippen LogP contribution >= 0.6 is 0 Å². The van der Waals surface area contributed by atoms with Crippen molar-refractivity contribution in [1.29, 1.82) is 5.26 Å². The van der Waals surface area contributed by atoms with Crippen LogP contribution < -0.4 is 0 Å². The summed E-state index contributed by atoms with van der Waals surface area (Å²) in [4.78, 5) is 0. The third kappa shape index (κ3) is 2.58. The molecule has 4 nitrogen and oxygen atoms in total. The molecule has 1 aliphatic carbocycles. The topological polar surface area (TPSA) is 50.8 Å². The standard InChI is InChI=1S/C18H16FN3O/c19-18-17-14(11-20)13(7-6-12-4-5-12)8-9-15(17)22(21-18)16-3-1-2-10-23-16/h8-9,12,16H,1-5,10H2. The Kier molecular flexibility index (Phi) is 3.52. The van der Waals surface area contributed by atoms with Crippen molar-refractivity contribution in [2.45, 2.75) is 38.3 Å². The normalized spacial score (nSPS) is 20.8. The van der Waals surface area contributed by atoms with Gasteiger partial charge in [0.15, 0.2) is 6.23 Å². The van der Waals surface area contributed by atoms with Gasteiger partial charge in [-0.25, -0.2) is 4.68 Å². The van der Waals surface area contributed by atoms with Crippen LogP contribution in [0.1, 0.15) is 49.5 Å². The molecule has 1 aromatic heterocycles. The van der Waals surface area contributed by atoms with Gasteiger partial charge in [-0.3, -0.25) is 0 Å². The van der Waals surface area contributed by atoms with Gasteiger partial charge in [-0.2, -0.15) is 9.65 Å². The van der Waals surface area contributed by atoms with Gasteiger partial charge >= 0.3 is 0 Å². The number of nitriles is 1. The van der Waals surface area contributed by atoms with Crippen molar-refractivity contribution in [1.82, 2.24) is 9.78 Å². The summed E-state index contributed by atoms with van der Waals surface area (Å²) in [6, 6.07) is 5.68. The van der Waals surface area contributed by atoms with E-state index in [9.17, 15) is 9.65 Å². The average molecular weight is 309 g/mol. The van der Waals surface area contributed by atoms with E-state index in [1.54, 1.807) is 16.8 Å². The Morgan fingerprint density at radius 2 is 2.13 bits per heavy atom. The number of benzene rings is 1. The summed E-state index contributed by atoms with van der Waals surface area (Å²) in [7, 11) is 0. The predicted molar refractivity (Wildman–Crippen MR) is 82.8 cm³/mol. The van der Waals surface area contributed by atoms with Crippen molar-refractivity contribution in [3.63, 3.8) is 0 Å². The Hall–Kier alpha value is -2.37. The first-order valence-electron chi connectivity index (χ1n) is 8.02. The van der Waals surface area contributed by atoms with E-state index in [1.165, 1.54) is 0 Å². The van der Waals surface area contributed by atoms with Crippen LogP contribution in [0, 0.1) is 35.0 Å². The summed E-state index contributed by atoms with van der Waals surface area (Å²) in [6.45, 7) is 0.656. The summed E-state index contributed by atoms with van der Waals surface area (Å²) in [5, 5.41) is 13.7. The minimum Gasteiger partial charge on any atom is -0.356 e. The molecule has 2 fully saturated rings. The minimum atomic E-state index is -0.624. The second-order valence-electron chi connectivity index (χ2n) is 6.09. The zero-order chi connectivity index (χ0) is 15.8. The van der Waals surface area contributed by atoms with Gasteiger partial charge in [-0.15, -0.1) is 5.10 Å². The monoisotopic (exact) mass is 309 g/mol. The smallest absolute Gasteiger partial charge is 0.241 e. The number of halogens is 1. The molecule has 0 radical (unpaired) electrons. The van der Waals surface area contributed by atoms with Crippen molar-refractivity contribution < 1.29 is 9.13 Å². The molecule has 0 bridgehead atoms. The lowest BCUT2D eigenvalue weighted by Gasteiger charge is -2.23. The molecule has 1 aliphatic heterocycles. The van der Waals surface area contributed by atoms with Crippen LogP contribution in [0.15, 0.2) is 12.1 Å². The zero-order valence-electron chi connectivity index (χ0n) is 12.7. The van der Waals surface area contributed by atoms with Crippen LogP contribution in [-0.4, -0.2) is 16.4 Å². The second-order valence-corrected chi connectivity index (χ2v) is 6.09. The lowest BCUT2D eigenvalue weighted by Crippen LogP contribution is -2.19. The molecule has 116 valence electrons. The maximum atomic E-state index is 14.4. The highest BCUT2D eigenvalue weighted by atomic mass is 19.1. The van der Waals surface area contributed by atoms with Gasteiger partial charge in [-0.1, -0.05) is 11.8 Å². The molecule has 1 saturated heterocycles. The number of hydrogen-bond donors (Lipinski definition) is 0. The molecule has 1 aromatic carbocycles. The predicted octanol–water partition coefficient (Wildman–Crippen LogP) is 3.51. The van der Waals surface area contributed by atoms with Gasteiger partial charge in [0.1, 0.15) is 6.07 Å². The number of ether oxygens (including phenoxy) is 1. The van der Waals surface area contributed by atoms with Crippen molar-refractivity contribution >= 4 is 10.9 Å². The van der Waals surface area contributed by atoms with Crippen LogP contribution in [-0.2, 0) is 4.74 Å². The largest absolute Gasteiger partial charge is 0.356 e. The Bertz CT molecular complexity index is 858. The molecule has 0 amide bonds. The van der Waals surface area contributed by atoms with Crippen LogP contribution in [0.2, 0.25) is 0 Å². The molecule has 2 aliphatic rings. The summed E-state index contributed by atoms with van der Waals surface area (Å²) >= 11 is 0. The second kappa shape index (κ2) is 5.68. The highest BCUT2D eigenvalue weighted by molar-refractivity contribution is 5.88. The first-order chi connectivity index (χ1) is 11.3. The lowest BCUT2D eigenvalue weighted by molar-refractivity contribution is -0.0375. The fraction of sp³-hybridized carbons (Fsp3) is 0.444. The van der Waals surface area contributed by atoms with E-state index in [2.05, 4.69) is 23.0 Å². The summed E-state index contributed by atoms with van der Waals surface area (Å²) in [5.41, 5.74) is 1.45. The molecule has 4 rings (SSSR count). The van der Waals surface area contributed by atoms with Gasteiger partial charge in [-0.05, 0) is 44.2 Å². The molecule has 5 heteroatoms. The average Bonchev–Trinajstić information content (AvgIpc) is 3.36. The first kappa shape index (κ1) is 14.2. The van der Waals surface area contributed by atoms with Crippen molar-refractivity contribution in [3.8, 4) is 17.9 Å². The van der Waals surface area contributed by atoms with Crippen LogP contribution in [0.3, 0.4) is 0 Å². The van der Waals surface area contributed by atoms with Gasteiger partial charge in [0.25, 0.3) is 0 Å². The van der Waals surface area contributed by atoms with Gasteiger partial charge in [0.2, 0.25) is 5.95 Å². The van der Waals surface area contributed by atoms with E-state index in [0.717, 1.165) is 32.1 Å². The van der Waals surface area contributed by atoms with Crippen LogP contribution in [0.4, 0.5) is 4.39 Å². The van der Waals surface area contributed by atoms with Crippen molar-refractivity contribution in [3.05, 3.63) is 29.2 Å². The Morgan fingerprint density at radius 3 is 2.83 bits per heavy atom. The molecular formula is C18H16FN3O. The number of hydrogen-bond acceptors (Lipinski definition) is 3. The number of rotatable bonds is 1. The summed E-state index contributed by atoms with van der Waals surface area (Å²) in [5.74, 6) is 5.96. The molecule has 2 aromatic rings. The lowest BCUT2D eigenvalue weighted by atomic mass is 10.0. The third-order valence-electron chi connectivity index (χ3n) is 4.36. The van der Waals surface area contributed by atoms with E-state index in [1.807, 2.05) is 0 Å². The van der Waals surface area contributed by atoms with E-state index < -0.39 is 5.95 Å². The van der Waals surface area contributed by atoms with Crippen LogP contribution in [0.5, 0.6) is 0 Å². The van der Waals surface area contributed by atoms with Crippen molar-refractivity contribution in [2.75, 3.05) is 6.61 Å². The van der Waals surface area contributed by atoms with Crippen LogP contribution in [0.25, 0.3) is 10.9 Å². The maximum absolute atomic E-state index is 14.4. The molecule has 2 heterocycles. The maximum Gasteiger partial charge on any atom is 0.241 e. The molecule has 1 atom stereocenters. The molecule has 23 heavy (non-hydrogen) atoms. The fourth-order valence-electron chi connectivity index (χ4n) is 2.95. The molecular weight excluding hydrogens is 293 g/mol. The number of nitrogens with zero attached hydrogens (tertiary/aromatic N) is 3. The number of aromatic nitrogens is 2. The Labute approximate surface area is 133 Å². The molecule has 1 saturated carbocycles. The fourth-order valence-corrected chi connectivity index (χ4v) is 2.95. The van der Waals surface area contributed by atoms with Gasteiger partial charge in [0.05, 0.1) is 16.5 Å². The first-order valence-corrected chi connectivity index (χ1v) is 8.02. The molecule has 0 N–H and O–H groups in total. The van der Waals surface area contributed by atoms with E-state index in [4.69, 9.17) is 4.74 Å². The van der Waals surface area contributed by atoms with E-state index >= 15 is 0 Å². The Balaban J connectivity index is 1.83. The summed E-state index contributed by atoms with van der Waals surface area (Å²) in [6.07, 6.45) is 4.82. The third-order valence-corrected chi connectivity index (χ3v) is 4.36. The minimum absolute atomic E-state index is 0.254. The SMILES string of the molecule is N#Cc1c(C#CC2CC2)ccc2c1c(F)nn2C1CCCCO1. The molecule has 0 spiro atoms. The molecule has 1 unspecified atom stereocenters. The number of fused-ring (bicyclic) bond motifs is 1. The summed E-state index contributed by atoms with van der Waals surface area (Å²) < 4.78 is 21.7.